The summed E-state index contributed by atoms with van der Waals surface area (Å²) in [5.74, 6) is -1.71. The first-order valence-electron chi connectivity index (χ1n) is 11.1. The van der Waals surface area contributed by atoms with Gasteiger partial charge in [0.25, 0.3) is 5.91 Å². The molecule has 1 heterocycles. The second-order valence-electron chi connectivity index (χ2n) is 8.20. The topological polar surface area (TPSA) is 117 Å². The van der Waals surface area contributed by atoms with Crippen molar-refractivity contribution in [3.8, 4) is 0 Å². The molecule has 36 heavy (non-hydrogen) atoms. The molecule has 2 aromatic carbocycles. The smallest absolute Gasteiger partial charge is 0.431 e. The highest BCUT2D eigenvalue weighted by atomic mass is 19.4. The zero-order valence-electron chi connectivity index (χ0n) is 19.8. The fourth-order valence-corrected chi connectivity index (χ4v) is 3.78. The van der Waals surface area contributed by atoms with Crippen molar-refractivity contribution in [2.75, 3.05) is 20.2 Å². The molecule has 3 rings (SSSR count). The number of amidine groups is 1. The third-order valence-corrected chi connectivity index (χ3v) is 5.68. The van der Waals surface area contributed by atoms with E-state index in [1.165, 1.54) is 19.2 Å². The molecule has 0 radical (unpaired) electrons. The van der Waals surface area contributed by atoms with Crippen LogP contribution in [0.25, 0.3) is 0 Å². The molecule has 192 valence electrons. The maximum Gasteiger partial charge on any atom is 0.431 e. The van der Waals surface area contributed by atoms with E-state index < -0.39 is 35.4 Å². The fraction of sp³-hybridized carbons (Fsp3) is 0.320. The number of aliphatic hydroxyl groups excluding tert-OH is 1. The van der Waals surface area contributed by atoms with Crippen molar-refractivity contribution in [3.05, 3.63) is 82.1 Å². The highest BCUT2D eigenvalue weighted by Crippen LogP contribution is 2.28. The summed E-state index contributed by atoms with van der Waals surface area (Å²) in [6, 6.07) is 12.4. The number of hydrogen-bond donors (Lipinski definition) is 3. The van der Waals surface area contributed by atoms with Crippen molar-refractivity contribution in [2.45, 2.75) is 32.3 Å². The number of nitrogens with zero attached hydrogens (tertiary/aromatic N) is 2. The number of rotatable bonds is 8. The first kappa shape index (κ1) is 26.7. The number of allylic oxidation sites excluding steroid dienone is 1. The number of nitrogens with one attached hydrogen (secondary N) is 1. The molecule has 11 heteroatoms. The van der Waals surface area contributed by atoms with E-state index in [0.29, 0.717) is 23.2 Å². The third-order valence-electron chi connectivity index (χ3n) is 5.68. The standard InChI is InChI=1S/C25H27F3N4O4/c1-15(18-6-8-19(9-7-18)24(35)36-2)31-23(34)20(21(29)25(26,27)28)22-30-10-11-32(22)13-16-4-3-5-17(12-16)14-33/h3-9,12,15,33H,10-11,13-14,29H2,1-2H3,(H,31,34). The van der Waals surface area contributed by atoms with Gasteiger partial charge in [-0.2, -0.15) is 13.2 Å². The fourth-order valence-electron chi connectivity index (χ4n) is 3.78. The monoisotopic (exact) mass is 504 g/mol. The number of alkyl halides is 3. The lowest BCUT2D eigenvalue weighted by Gasteiger charge is -2.25. The zero-order chi connectivity index (χ0) is 26.5. The number of methoxy groups -OCH3 is 1. The van der Waals surface area contributed by atoms with Crippen LogP contribution in [-0.4, -0.2) is 54.1 Å². The number of aliphatic imine (C=N–C) groups is 1. The van der Waals surface area contributed by atoms with Gasteiger partial charge in [0.15, 0.2) is 0 Å². The van der Waals surface area contributed by atoms with E-state index in [-0.39, 0.29) is 25.5 Å². The van der Waals surface area contributed by atoms with Crippen LogP contribution in [0.1, 0.15) is 40.0 Å². The van der Waals surface area contributed by atoms with Gasteiger partial charge >= 0.3 is 12.1 Å². The molecule has 1 aliphatic rings. The molecule has 1 amide bonds. The molecule has 2 aromatic rings. The maximum atomic E-state index is 13.7. The lowest BCUT2D eigenvalue weighted by molar-refractivity contribution is -0.119. The van der Waals surface area contributed by atoms with E-state index in [0.717, 1.165) is 5.56 Å². The van der Waals surface area contributed by atoms with E-state index in [4.69, 9.17) is 5.73 Å². The summed E-state index contributed by atoms with van der Waals surface area (Å²) in [4.78, 5) is 30.5. The van der Waals surface area contributed by atoms with Gasteiger partial charge in [0.2, 0.25) is 0 Å². The summed E-state index contributed by atoms with van der Waals surface area (Å²) in [5.41, 5.74) is 5.42. The van der Waals surface area contributed by atoms with Crippen LogP contribution in [0.4, 0.5) is 13.2 Å². The largest absolute Gasteiger partial charge is 0.465 e. The Bertz CT molecular complexity index is 1180. The summed E-state index contributed by atoms with van der Waals surface area (Å²) in [5, 5.41) is 11.9. The molecule has 0 spiro atoms. The van der Waals surface area contributed by atoms with Crippen LogP contribution in [0.5, 0.6) is 0 Å². The first-order chi connectivity index (χ1) is 17.0. The molecule has 1 aliphatic heterocycles. The van der Waals surface area contributed by atoms with Gasteiger partial charge in [-0.25, -0.2) is 4.79 Å². The van der Waals surface area contributed by atoms with Crippen LogP contribution in [0.2, 0.25) is 0 Å². The van der Waals surface area contributed by atoms with Crippen LogP contribution in [0.3, 0.4) is 0 Å². The van der Waals surface area contributed by atoms with Gasteiger partial charge in [-0.15, -0.1) is 0 Å². The quantitative estimate of drug-likeness (QED) is 0.376. The highest BCUT2D eigenvalue weighted by Gasteiger charge is 2.40. The van der Waals surface area contributed by atoms with Crippen molar-refractivity contribution in [3.63, 3.8) is 0 Å². The summed E-state index contributed by atoms with van der Waals surface area (Å²) in [6.07, 6.45) is -4.95. The number of carbonyl (C=O) groups excluding carboxylic acids is 2. The normalized spacial score (nSPS) is 15.2. The molecule has 0 saturated carbocycles. The maximum absolute atomic E-state index is 13.7. The van der Waals surface area contributed by atoms with Gasteiger partial charge < -0.3 is 25.8 Å². The highest BCUT2D eigenvalue weighted by molar-refractivity contribution is 6.21. The van der Waals surface area contributed by atoms with Crippen LogP contribution in [0, 0.1) is 0 Å². The molecule has 4 N–H and O–H groups in total. The Morgan fingerprint density at radius 2 is 1.86 bits per heavy atom. The Morgan fingerprint density at radius 3 is 2.47 bits per heavy atom. The van der Waals surface area contributed by atoms with E-state index in [1.807, 2.05) is 0 Å². The minimum atomic E-state index is -4.95. The van der Waals surface area contributed by atoms with Crippen LogP contribution in [-0.2, 0) is 22.7 Å². The molecular formula is C25H27F3N4O4. The van der Waals surface area contributed by atoms with Gasteiger partial charge in [-0.05, 0) is 35.7 Å². The summed E-state index contributed by atoms with van der Waals surface area (Å²) < 4.78 is 45.7. The molecule has 0 aromatic heterocycles. The second-order valence-corrected chi connectivity index (χ2v) is 8.20. The van der Waals surface area contributed by atoms with E-state index in [2.05, 4.69) is 15.0 Å². The molecule has 0 bridgehead atoms. The van der Waals surface area contributed by atoms with Gasteiger partial charge in [0, 0.05) is 13.1 Å². The van der Waals surface area contributed by atoms with Crippen LogP contribution in [0.15, 0.2) is 64.8 Å². The van der Waals surface area contributed by atoms with Gasteiger partial charge in [0.1, 0.15) is 17.1 Å². The molecule has 0 fully saturated rings. The number of benzene rings is 2. The van der Waals surface area contributed by atoms with E-state index in [9.17, 15) is 27.9 Å². The predicted octanol–water partition coefficient (Wildman–Crippen LogP) is 2.83. The molecule has 1 atom stereocenters. The van der Waals surface area contributed by atoms with Crippen LogP contribution >= 0.6 is 0 Å². The minimum Gasteiger partial charge on any atom is -0.465 e. The zero-order valence-corrected chi connectivity index (χ0v) is 19.8. The molecule has 0 saturated heterocycles. The van der Waals surface area contributed by atoms with Gasteiger partial charge in [-0.1, -0.05) is 36.4 Å². The average Bonchev–Trinajstić information content (AvgIpc) is 3.30. The SMILES string of the molecule is COC(=O)c1ccc(C(C)NC(=O)C(C2=NCCN2Cc2cccc(CO)c2)=C(N)C(F)(F)F)cc1. The average molecular weight is 505 g/mol. The Kier molecular flexibility index (Phi) is 8.36. The van der Waals surface area contributed by atoms with E-state index in [1.54, 1.807) is 48.2 Å². The van der Waals surface area contributed by atoms with Gasteiger partial charge in [-0.3, -0.25) is 9.79 Å². The molecule has 1 unspecified atom stereocenters. The lowest BCUT2D eigenvalue weighted by atomic mass is 10.0. The van der Waals surface area contributed by atoms with Crippen molar-refractivity contribution >= 4 is 17.7 Å². The molecule has 0 aliphatic carbocycles. The number of amides is 1. The lowest BCUT2D eigenvalue weighted by Crippen LogP contribution is -2.40. The van der Waals surface area contributed by atoms with Crippen molar-refractivity contribution in [1.82, 2.24) is 10.2 Å². The van der Waals surface area contributed by atoms with E-state index >= 15 is 0 Å². The molecular weight excluding hydrogens is 477 g/mol. The number of ether oxygens (including phenoxy) is 1. The minimum absolute atomic E-state index is 0.148. The van der Waals surface area contributed by atoms with Gasteiger partial charge in [0.05, 0.1) is 31.9 Å². The predicted molar refractivity (Wildman–Crippen MR) is 127 cm³/mol. The number of carbonyl (C=O) groups is 2. The van der Waals surface area contributed by atoms with Crippen molar-refractivity contribution in [2.24, 2.45) is 10.7 Å². The van der Waals surface area contributed by atoms with Crippen molar-refractivity contribution in [1.29, 1.82) is 0 Å². The Hall–Kier alpha value is -3.86. The summed E-state index contributed by atoms with van der Waals surface area (Å²) in [6.45, 7) is 2.09. The number of aliphatic hydroxyl groups is 1. The number of nitrogens with two attached hydrogens (primary N) is 1. The third kappa shape index (κ3) is 6.22. The molecule has 8 nitrogen and oxygen atoms in total. The van der Waals surface area contributed by atoms with Crippen molar-refractivity contribution < 1.29 is 32.6 Å². The van der Waals surface area contributed by atoms with Crippen LogP contribution < -0.4 is 11.1 Å². The number of halogens is 3. The second kappa shape index (κ2) is 11.3. The Balaban J connectivity index is 1.87. The number of hydrogen-bond acceptors (Lipinski definition) is 7. The summed E-state index contributed by atoms with van der Waals surface area (Å²) >= 11 is 0. The number of esters is 1. The first-order valence-corrected chi connectivity index (χ1v) is 11.1. The summed E-state index contributed by atoms with van der Waals surface area (Å²) in [7, 11) is 1.25. The Labute approximate surface area is 206 Å². The Morgan fingerprint density at radius 1 is 1.19 bits per heavy atom.